The van der Waals surface area contributed by atoms with Gasteiger partial charge in [0.15, 0.2) is 0 Å². The molecule has 0 heterocycles. The fourth-order valence-corrected chi connectivity index (χ4v) is 2.32. The maximum atomic E-state index is 13.2. The zero-order chi connectivity index (χ0) is 14.5. The van der Waals surface area contributed by atoms with Crippen LogP contribution >= 0.6 is 0 Å². The number of benzene rings is 2. The Morgan fingerprint density at radius 3 is 2.55 bits per heavy atom. The van der Waals surface area contributed by atoms with Crippen molar-refractivity contribution in [3.05, 3.63) is 59.9 Å². The van der Waals surface area contributed by atoms with E-state index in [0.717, 1.165) is 23.4 Å². The number of anilines is 2. The Labute approximate surface area is 120 Å². The third-order valence-electron chi connectivity index (χ3n) is 3.22. The van der Waals surface area contributed by atoms with Gasteiger partial charge in [0.25, 0.3) is 0 Å². The summed E-state index contributed by atoms with van der Waals surface area (Å²) in [6.07, 6.45) is 0.791. The van der Waals surface area contributed by atoms with Gasteiger partial charge in [-0.3, -0.25) is 0 Å². The average molecular weight is 272 g/mol. The van der Waals surface area contributed by atoms with Crippen LogP contribution in [-0.4, -0.2) is 20.1 Å². The second kappa shape index (κ2) is 6.42. The quantitative estimate of drug-likeness (QED) is 0.887. The summed E-state index contributed by atoms with van der Waals surface area (Å²) in [6.45, 7) is 2.11. The van der Waals surface area contributed by atoms with Crippen molar-refractivity contribution in [1.29, 1.82) is 0 Å². The molecule has 0 radical (unpaired) electrons. The second-order valence-electron chi connectivity index (χ2n) is 5.29. The van der Waals surface area contributed by atoms with E-state index in [1.807, 2.05) is 32.3 Å². The Morgan fingerprint density at radius 1 is 1.10 bits per heavy atom. The molecule has 2 rings (SSSR count). The van der Waals surface area contributed by atoms with Gasteiger partial charge in [0.2, 0.25) is 0 Å². The molecule has 0 aliphatic rings. The molecule has 0 saturated carbocycles. The van der Waals surface area contributed by atoms with E-state index in [0.29, 0.717) is 0 Å². The number of hydrogen-bond donors (Lipinski definition) is 1. The zero-order valence-corrected chi connectivity index (χ0v) is 12.2. The molecule has 2 nitrogen and oxygen atoms in total. The lowest BCUT2D eigenvalue weighted by molar-refractivity contribution is 0.624. The van der Waals surface area contributed by atoms with Crippen molar-refractivity contribution < 1.29 is 4.39 Å². The molecule has 0 aliphatic carbocycles. The zero-order valence-electron chi connectivity index (χ0n) is 12.2. The van der Waals surface area contributed by atoms with Gasteiger partial charge in [0, 0.05) is 20.1 Å². The van der Waals surface area contributed by atoms with E-state index in [-0.39, 0.29) is 11.9 Å². The highest BCUT2D eigenvalue weighted by Crippen LogP contribution is 2.24. The van der Waals surface area contributed by atoms with Crippen LogP contribution in [0.25, 0.3) is 0 Å². The van der Waals surface area contributed by atoms with Crippen molar-refractivity contribution in [2.75, 3.05) is 24.3 Å². The third kappa shape index (κ3) is 3.73. The maximum Gasteiger partial charge on any atom is 0.123 e. The smallest absolute Gasteiger partial charge is 0.123 e. The summed E-state index contributed by atoms with van der Waals surface area (Å²) >= 11 is 0. The van der Waals surface area contributed by atoms with Gasteiger partial charge in [-0.1, -0.05) is 24.3 Å². The van der Waals surface area contributed by atoms with Crippen LogP contribution in [-0.2, 0) is 6.42 Å². The minimum atomic E-state index is -0.177. The van der Waals surface area contributed by atoms with Crippen LogP contribution in [0.1, 0.15) is 12.5 Å². The summed E-state index contributed by atoms with van der Waals surface area (Å²) in [6, 6.07) is 15.2. The van der Waals surface area contributed by atoms with Crippen molar-refractivity contribution in [3.8, 4) is 0 Å². The van der Waals surface area contributed by atoms with Gasteiger partial charge >= 0.3 is 0 Å². The number of hydrogen-bond acceptors (Lipinski definition) is 2. The first-order valence-electron chi connectivity index (χ1n) is 6.83. The lowest BCUT2D eigenvalue weighted by atomic mass is 10.1. The number of rotatable bonds is 5. The summed E-state index contributed by atoms with van der Waals surface area (Å²) in [5.74, 6) is -0.177. The molecule has 3 heteroatoms. The summed E-state index contributed by atoms with van der Waals surface area (Å²) in [5.41, 5.74) is 3.26. The van der Waals surface area contributed by atoms with E-state index >= 15 is 0 Å². The fraction of sp³-hybridized carbons (Fsp3) is 0.294. The summed E-state index contributed by atoms with van der Waals surface area (Å²) < 4.78 is 13.2. The van der Waals surface area contributed by atoms with E-state index in [9.17, 15) is 4.39 Å². The Bertz CT molecular complexity index is 566. The van der Waals surface area contributed by atoms with Gasteiger partial charge in [0.05, 0.1) is 11.4 Å². The number of para-hydroxylation sites is 2. The summed E-state index contributed by atoms with van der Waals surface area (Å²) in [5, 5.41) is 3.50. The topological polar surface area (TPSA) is 15.3 Å². The van der Waals surface area contributed by atoms with Crippen molar-refractivity contribution in [1.82, 2.24) is 0 Å². The molecule has 0 saturated heterocycles. The van der Waals surface area contributed by atoms with E-state index < -0.39 is 0 Å². The van der Waals surface area contributed by atoms with Crippen LogP contribution in [0.4, 0.5) is 15.8 Å². The maximum absolute atomic E-state index is 13.2. The number of halogens is 1. The Balaban J connectivity index is 2.06. The largest absolute Gasteiger partial charge is 0.381 e. The second-order valence-corrected chi connectivity index (χ2v) is 5.29. The monoisotopic (exact) mass is 272 g/mol. The van der Waals surface area contributed by atoms with E-state index in [1.54, 1.807) is 12.1 Å². The highest BCUT2D eigenvalue weighted by atomic mass is 19.1. The molecule has 1 unspecified atom stereocenters. The number of nitrogens with zero attached hydrogens (tertiary/aromatic N) is 1. The highest BCUT2D eigenvalue weighted by Gasteiger charge is 2.08. The normalized spacial score (nSPS) is 12.0. The predicted molar refractivity (Wildman–Crippen MR) is 84.0 cm³/mol. The van der Waals surface area contributed by atoms with Gasteiger partial charge in [-0.05, 0) is 43.2 Å². The van der Waals surface area contributed by atoms with Crippen molar-refractivity contribution in [3.63, 3.8) is 0 Å². The third-order valence-corrected chi connectivity index (χ3v) is 3.22. The van der Waals surface area contributed by atoms with Crippen molar-refractivity contribution >= 4 is 11.4 Å². The molecule has 0 bridgehead atoms. The van der Waals surface area contributed by atoms with Gasteiger partial charge in [-0.2, -0.15) is 0 Å². The molecule has 2 aromatic carbocycles. The fourth-order valence-electron chi connectivity index (χ4n) is 2.32. The SMILES string of the molecule is CC(Cc1cccc(F)c1)Nc1ccccc1N(C)C. The van der Waals surface area contributed by atoms with Crippen LogP contribution in [0, 0.1) is 5.82 Å². The number of nitrogens with one attached hydrogen (secondary N) is 1. The van der Waals surface area contributed by atoms with Gasteiger partial charge in [-0.25, -0.2) is 4.39 Å². The molecule has 0 aromatic heterocycles. The first-order valence-corrected chi connectivity index (χ1v) is 6.83. The first-order chi connectivity index (χ1) is 9.56. The Morgan fingerprint density at radius 2 is 1.85 bits per heavy atom. The van der Waals surface area contributed by atoms with E-state index in [2.05, 4.69) is 29.3 Å². The van der Waals surface area contributed by atoms with Crippen molar-refractivity contribution in [2.24, 2.45) is 0 Å². The van der Waals surface area contributed by atoms with Crippen LogP contribution < -0.4 is 10.2 Å². The molecule has 0 amide bonds. The Hall–Kier alpha value is -2.03. The lowest BCUT2D eigenvalue weighted by Crippen LogP contribution is -2.20. The predicted octanol–water partition coefficient (Wildman–Crippen LogP) is 3.93. The van der Waals surface area contributed by atoms with Gasteiger partial charge in [0.1, 0.15) is 5.82 Å². The molecule has 20 heavy (non-hydrogen) atoms. The molecule has 106 valence electrons. The molecular formula is C17H21FN2. The molecule has 1 atom stereocenters. The van der Waals surface area contributed by atoms with Crippen LogP contribution in [0.2, 0.25) is 0 Å². The van der Waals surface area contributed by atoms with Crippen LogP contribution in [0.3, 0.4) is 0 Å². The average Bonchev–Trinajstić information content (AvgIpc) is 2.38. The molecule has 0 aliphatic heterocycles. The Kier molecular flexibility index (Phi) is 4.61. The molecular weight excluding hydrogens is 251 g/mol. The lowest BCUT2D eigenvalue weighted by Gasteiger charge is -2.22. The van der Waals surface area contributed by atoms with Gasteiger partial charge < -0.3 is 10.2 Å². The molecule has 0 fully saturated rings. The first kappa shape index (κ1) is 14.4. The molecule has 1 N–H and O–H groups in total. The van der Waals surface area contributed by atoms with Gasteiger partial charge in [-0.15, -0.1) is 0 Å². The van der Waals surface area contributed by atoms with E-state index in [1.165, 1.54) is 6.07 Å². The van der Waals surface area contributed by atoms with Crippen LogP contribution in [0.5, 0.6) is 0 Å². The molecule has 0 spiro atoms. The summed E-state index contributed by atoms with van der Waals surface area (Å²) in [4.78, 5) is 2.08. The van der Waals surface area contributed by atoms with E-state index in [4.69, 9.17) is 0 Å². The molecule has 2 aromatic rings. The standard InChI is InChI=1S/C17H21FN2/c1-13(11-14-7-6-8-15(18)12-14)19-16-9-4-5-10-17(16)20(2)3/h4-10,12-13,19H,11H2,1-3H3. The highest BCUT2D eigenvalue weighted by molar-refractivity contribution is 5.69. The summed E-state index contributed by atoms with van der Waals surface area (Å²) in [7, 11) is 4.05. The van der Waals surface area contributed by atoms with Crippen molar-refractivity contribution in [2.45, 2.75) is 19.4 Å². The minimum absolute atomic E-state index is 0.177. The van der Waals surface area contributed by atoms with Crippen LogP contribution in [0.15, 0.2) is 48.5 Å². The minimum Gasteiger partial charge on any atom is -0.381 e.